The second-order valence-electron chi connectivity index (χ2n) is 8.17. The molecule has 33 heavy (non-hydrogen) atoms. The van der Waals surface area contributed by atoms with Crippen molar-refractivity contribution in [3.63, 3.8) is 0 Å². The molecule has 172 valence electrons. The number of aromatic nitrogens is 2. The summed E-state index contributed by atoms with van der Waals surface area (Å²) in [6.07, 6.45) is 9.04. The van der Waals surface area contributed by atoms with Gasteiger partial charge in [0, 0.05) is 29.6 Å². The van der Waals surface area contributed by atoms with Crippen molar-refractivity contribution in [1.82, 2.24) is 14.7 Å². The fourth-order valence-corrected chi connectivity index (χ4v) is 4.67. The maximum absolute atomic E-state index is 11.3. The maximum atomic E-state index is 11.3. The monoisotopic (exact) mass is 459 g/mol. The number of aldehydes is 1. The summed E-state index contributed by atoms with van der Waals surface area (Å²) < 4.78 is 1.91. The quantitative estimate of drug-likeness (QED) is 0.171. The zero-order valence-corrected chi connectivity index (χ0v) is 20.6. The fourth-order valence-electron chi connectivity index (χ4n) is 3.73. The van der Waals surface area contributed by atoms with E-state index < -0.39 is 0 Å². The van der Waals surface area contributed by atoms with E-state index in [0.717, 1.165) is 48.2 Å². The summed E-state index contributed by atoms with van der Waals surface area (Å²) in [6, 6.07) is 18.8. The highest BCUT2D eigenvalue weighted by atomic mass is 32.2. The van der Waals surface area contributed by atoms with Crippen molar-refractivity contribution in [1.29, 1.82) is 0 Å². The topological polar surface area (TPSA) is 38.1 Å². The summed E-state index contributed by atoms with van der Waals surface area (Å²) >= 11 is 1.62. The molecule has 0 aliphatic carbocycles. The first-order valence-corrected chi connectivity index (χ1v) is 12.3. The van der Waals surface area contributed by atoms with Crippen LogP contribution in [0, 0.1) is 6.92 Å². The summed E-state index contributed by atoms with van der Waals surface area (Å²) in [5.41, 5.74) is 6.53. The van der Waals surface area contributed by atoms with Crippen LogP contribution in [0.2, 0.25) is 0 Å². The molecular formula is C28H33N3OS. The molecule has 1 unspecified atom stereocenters. The van der Waals surface area contributed by atoms with Crippen molar-refractivity contribution in [2.24, 2.45) is 0 Å². The highest BCUT2D eigenvalue weighted by Gasteiger charge is 2.25. The van der Waals surface area contributed by atoms with Gasteiger partial charge >= 0.3 is 0 Å². The first-order valence-electron chi connectivity index (χ1n) is 11.3. The van der Waals surface area contributed by atoms with Gasteiger partial charge in [0.2, 0.25) is 0 Å². The van der Waals surface area contributed by atoms with Crippen molar-refractivity contribution in [3.05, 3.63) is 96.2 Å². The van der Waals surface area contributed by atoms with E-state index in [4.69, 9.17) is 5.10 Å². The Morgan fingerprint density at radius 3 is 2.58 bits per heavy atom. The van der Waals surface area contributed by atoms with Gasteiger partial charge < -0.3 is 4.79 Å². The largest absolute Gasteiger partial charge is 0.302 e. The van der Waals surface area contributed by atoms with Gasteiger partial charge in [0.25, 0.3) is 0 Å². The van der Waals surface area contributed by atoms with E-state index in [-0.39, 0.29) is 5.37 Å². The van der Waals surface area contributed by atoms with Crippen molar-refractivity contribution in [2.45, 2.75) is 38.6 Å². The lowest BCUT2D eigenvalue weighted by Crippen LogP contribution is -2.22. The standard InChI is InChI=1S/C28H33N3OS/c1-5-6-8-11-23(3)31-21-26(27(29-31)25-12-9-7-10-13-25)28(33-19-18-32)30(4)20-24-16-14-22(2)15-17-24/h5-7,9-10,12-18,21,28H,3,8,11,19-20H2,1-2,4H3/b6-5-. The van der Waals surface area contributed by atoms with E-state index >= 15 is 0 Å². The molecule has 1 atom stereocenters. The second kappa shape index (κ2) is 12.4. The van der Waals surface area contributed by atoms with Crippen molar-refractivity contribution >= 4 is 23.7 Å². The van der Waals surface area contributed by atoms with Gasteiger partial charge in [0.15, 0.2) is 0 Å². The van der Waals surface area contributed by atoms with Gasteiger partial charge in [0.1, 0.15) is 6.29 Å². The number of carbonyl (C=O) groups excluding carboxylic acids is 1. The Kier molecular flexibility index (Phi) is 9.28. The maximum Gasteiger partial charge on any atom is 0.129 e. The number of benzene rings is 2. The van der Waals surface area contributed by atoms with E-state index in [1.807, 2.05) is 29.8 Å². The lowest BCUT2D eigenvalue weighted by atomic mass is 10.1. The van der Waals surface area contributed by atoms with Gasteiger partial charge in [-0.1, -0.05) is 78.9 Å². The Morgan fingerprint density at radius 1 is 1.18 bits per heavy atom. The molecule has 0 fully saturated rings. The Labute approximate surface area is 202 Å². The Bertz CT molecular complexity index is 1070. The van der Waals surface area contributed by atoms with Crippen molar-refractivity contribution < 1.29 is 4.79 Å². The smallest absolute Gasteiger partial charge is 0.129 e. The summed E-state index contributed by atoms with van der Waals surface area (Å²) in [5.74, 6) is 0.421. The van der Waals surface area contributed by atoms with E-state index in [2.05, 4.69) is 80.2 Å². The molecule has 1 heterocycles. The third-order valence-corrected chi connectivity index (χ3v) is 6.75. The second-order valence-corrected chi connectivity index (χ2v) is 9.28. The number of rotatable bonds is 12. The molecule has 0 aliphatic heterocycles. The molecule has 0 spiro atoms. The van der Waals surface area contributed by atoms with E-state index in [9.17, 15) is 4.79 Å². The average Bonchev–Trinajstić information content (AvgIpc) is 3.27. The highest BCUT2D eigenvalue weighted by Crippen LogP contribution is 2.38. The Balaban J connectivity index is 1.98. The van der Waals surface area contributed by atoms with Gasteiger partial charge in [-0.15, -0.1) is 11.8 Å². The first-order chi connectivity index (χ1) is 16.0. The van der Waals surface area contributed by atoms with Crippen LogP contribution >= 0.6 is 11.8 Å². The number of aryl methyl sites for hydroxylation is 1. The summed E-state index contributed by atoms with van der Waals surface area (Å²) in [6.45, 7) is 9.18. The number of carbonyl (C=O) groups is 1. The molecule has 5 heteroatoms. The van der Waals surface area contributed by atoms with Crippen LogP contribution < -0.4 is 0 Å². The molecule has 3 aromatic rings. The van der Waals surface area contributed by atoms with Gasteiger partial charge in [0.05, 0.1) is 16.8 Å². The van der Waals surface area contributed by atoms with Crippen LogP contribution in [0.25, 0.3) is 17.0 Å². The fraction of sp³-hybridized carbons (Fsp3) is 0.286. The average molecular weight is 460 g/mol. The van der Waals surface area contributed by atoms with Crippen LogP contribution in [0.15, 0.2) is 79.5 Å². The molecule has 0 N–H and O–H groups in total. The minimum absolute atomic E-state index is 0.0243. The molecule has 0 bridgehead atoms. The summed E-state index contributed by atoms with van der Waals surface area (Å²) in [5, 5.41) is 4.93. The van der Waals surface area contributed by atoms with Crippen molar-refractivity contribution in [3.8, 4) is 11.3 Å². The van der Waals surface area contributed by atoms with E-state index in [1.54, 1.807) is 11.8 Å². The lowest BCUT2D eigenvalue weighted by molar-refractivity contribution is -0.105. The lowest BCUT2D eigenvalue weighted by Gasteiger charge is -2.27. The number of allylic oxidation sites excluding steroid dienone is 3. The number of thioether (sulfide) groups is 1. The molecular weight excluding hydrogens is 426 g/mol. The molecule has 0 radical (unpaired) electrons. The first kappa shape index (κ1) is 24.7. The predicted octanol–water partition coefficient (Wildman–Crippen LogP) is 6.75. The zero-order valence-electron chi connectivity index (χ0n) is 19.8. The molecule has 2 aromatic carbocycles. The van der Waals surface area contributed by atoms with Crippen LogP contribution in [-0.2, 0) is 11.3 Å². The molecule has 1 aromatic heterocycles. The predicted molar refractivity (Wildman–Crippen MR) is 141 cm³/mol. The molecule has 0 saturated heterocycles. The number of nitrogens with zero attached hydrogens (tertiary/aromatic N) is 3. The van der Waals surface area contributed by atoms with Gasteiger partial charge in [-0.05, 0) is 39.3 Å². The van der Waals surface area contributed by atoms with Crippen LogP contribution in [0.4, 0.5) is 0 Å². The van der Waals surface area contributed by atoms with Crippen LogP contribution in [-0.4, -0.2) is 33.8 Å². The summed E-state index contributed by atoms with van der Waals surface area (Å²) in [7, 11) is 2.11. The Morgan fingerprint density at radius 2 is 1.91 bits per heavy atom. The van der Waals surface area contributed by atoms with Gasteiger partial charge in [-0.2, -0.15) is 5.10 Å². The molecule has 3 rings (SSSR count). The molecule has 4 nitrogen and oxygen atoms in total. The zero-order chi connectivity index (χ0) is 23.6. The number of hydrogen-bond acceptors (Lipinski definition) is 4. The van der Waals surface area contributed by atoms with E-state index in [0.29, 0.717) is 5.75 Å². The third-order valence-electron chi connectivity index (χ3n) is 5.49. The minimum Gasteiger partial charge on any atom is -0.302 e. The van der Waals surface area contributed by atoms with Crippen LogP contribution in [0.5, 0.6) is 0 Å². The Hall–Kier alpha value is -2.89. The summed E-state index contributed by atoms with van der Waals surface area (Å²) in [4.78, 5) is 13.6. The SMILES string of the molecule is C=C(CC/C=C\C)n1cc(C(SCC=O)N(C)Cc2ccc(C)cc2)c(-c2ccccc2)n1. The highest BCUT2D eigenvalue weighted by molar-refractivity contribution is 8.00. The van der Waals surface area contributed by atoms with Crippen LogP contribution in [0.3, 0.4) is 0 Å². The molecule has 0 saturated carbocycles. The minimum atomic E-state index is -0.0243. The molecule has 0 amide bonds. The van der Waals surface area contributed by atoms with Crippen molar-refractivity contribution in [2.75, 3.05) is 12.8 Å². The third kappa shape index (κ3) is 6.80. The van der Waals surface area contributed by atoms with Crippen LogP contribution in [0.1, 0.15) is 41.8 Å². The number of hydrogen-bond donors (Lipinski definition) is 0. The molecule has 0 aliphatic rings. The van der Waals surface area contributed by atoms with Gasteiger partial charge in [-0.25, -0.2) is 4.68 Å². The normalized spacial score (nSPS) is 12.4. The van der Waals surface area contributed by atoms with E-state index in [1.165, 1.54) is 11.1 Å². The van der Waals surface area contributed by atoms with Gasteiger partial charge in [-0.3, -0.25) is 4.90 Å².